The van der Waals surface area contributed by atoms with Crippen LogP contribution in [0.4, 0.5) is 0 Å². The lowest BCUT2D eigenvalue weighted by Crippen LogP contribution is -2.01. The molecule has 0 aliphatic rings. The average molecular weight is 967 g/mol. The second kappa shape index (κ2) is 17.5. The minimum atomic E-state index is 0.574. The van der Waals surface area contributed by atoms with E-state index < -0.39 is 0 Å². The van der Waals surface area contributed by atoms with Gasteiger partial charge in [-0.1, -0.05) is 183 Å². The van der Waals surface area contributed by atoms with Gasteiger partial charge < -0.3 is 8.98 Å². The Bertz CT molecular complexity index is 4720. The number of para-hydroxylation sites is 2. The van der Waals surface area contributed by atoms with Crippen LogP contribution in [0.5, 0.6) is 0 Å². The number of benzene rings is 11. The lowest BCUT2D eigenvalue weighted by atomic mass is 9.94. The summed E-state index contributed by atoms with van der Waals surface area (Å²) >= 11 is 1.85. The lowest BCUT2D eigenvalue weighted by molar-refractivity contribution is 0.669. The third-order valence-electron chi connectivity index (χ3n) is 14.5. The molecule has 4 aromatic heterocycles. The molecule has 5 nitrogen and oxygen atoms in total. The van der Waals surface area contributed by atoms with E-state index >= 15 is 0 Å². The third kappa shape index (κ3) is 7.02. The lowest BCUT2D eigenvalue weighted by Gasteiger charge is -2.15. The van der Waals surface area contributed by atoms with Crippen molar-refractivity contribution in [1.82, 2.24) is 19.5 Å². The summed E-state index contributed by atoms with van der Waals surface area (Å²) in [5.41, 5.74) is 13.5. The number of hydrogen-bond acceptors (Lipinski definition) is 5. The molecule has 0 fully saturated rings. The van der Waals surface area contributed by atoms with Crippen LogP contribution in [-0.4, -0.2) is 19.5 Å². The van der Waals surface area contributed by atoms with Crippen LogP contribution < -0.4 is 0 Å². The molecule has 4 heterocycles. The van der Waals surface area contributed by atoms with Crippen LogP contribution >= 0.6 is 11.3 Å². The Hall–Kier alpha value is -9.23. The number of nitrogens with zero attached hydrogens (tertiary/aromatic N) is 4. The van der Waals surface area contributed by atoms with Crippen LogP contribution in [-0.2, 0) is 0 Å². The molecular formula is C68H46N4OS. The summed E-state index contributed by atoms with van der Waals surface area (Å²) in [5.74, 6) is 1.76. The van der Waals surface area contributed by atoms with E-state index in [-0.39, 0.29) is 0 Å². The highest BCUT2D eigenvalue weighted by Gasteiger charge is 2.23. The molecule has 0 saturated carbocycles. The van der Waals surface area contributed by atoms with Gasteiger partial charge in [0.05, 0.1) is 11.0 Å². The van der Waals surface area contributed by atoms with E-state index in [1.54, 1.807) is 0 Å². The van der Waals surface area contributed by atoms with Crippen LogP contribution in [0.3, 0.4) is 0 Å². The van der Waals surface area contributed by atoms with Crippen molar-refractivity contribution in [2.24, 2.45) is 0 Å². The van der Waals surface area contributed by atoms with Gasteiger partial charge in [0.2, 0.25) is 0 Å². The smallest absolute Gasteiger partial charge is 0.164 e. The maximum Gasteiger partial charge on any atom is 0.164 e. The molecule has 0 spiro atoms. The molecule has 0 radical (unpaired) electrons. The first-order valence-corrected chi connectivity index (χ1v) is 26.1. The SMILES string of the molecule is CC.Cc1ccc2c3ccccc3c3c4cccc(-c5cccc(-c6ccc7sc8ccccc8c7c6)c5)c4n(-c4cccc(-c5nc(-c6ccccc6)nc(-c6ccc7c(c6)oc6ccccc67)n5)c4)c3c2c1. The number of fused-ring (bicyclic) bond motifs is 14. The van der Waals surface area contributed by atoms with E-state index in [0.717, 1.165) is 61.0 Å². The maximum atomic E-state index is 6.36. The summed E-state index contributed by atoms with van der Waals surface area (Å²) in [5, 5.41) is 12.0. The Morgan fingerprint density at radius 1 is 0.351 bits per heavy atom. The first-order chi connectivity index (χ1) is 36.6. The van der Waals surface area contributed by atoms with Crippen LogP contribution in [0.15, 0.2) is 229 Å². The van der Waals surface area contributed by atoms with Crippen molar-refractivity contribution in [3.63, 3.8) is 0 Å². The molecule has 0 N–H and O–H groups in total. The predicted molar refractivity (Wildman–Crippen MR) is 313 cm³/mol. The van der Waals surface area contributed by atoms with E-state index in [4.69, 9.17) is 19.4 Å². The van der Waals surface area contributed by atoms with Gasteiger partial charge in [0.15, 0.2) is 17.5 Å². The van der Waals surface area contributed by atoms with Gasteiger partial charge in [-0.2, -0.15) is 0 Å². The molecule has 6 heteroatoms. The predicted octanol–water partition coefficient (Wildman–Crippen LogP) is 19.2. The summed E-state index contributed by atoms with van der Waals surface area (Å²) in [7, 11) is 0. The van der Waals surface area contributed by atoms with Gasteiger partial charge in [-0.25, -0.2) is 15.0 Å². The van der Waals surface area contributed by atoms with E-state index in [9.17, 15) is 0 Å². The number of aromatic nitrogens is 4. The molecular weight excluding hydrogens is 921 g/mol. The Morgan fingerprint density at radius 2 is 0.932 bits per heavy atom. The number of thiophene rings is 1. The van der Waals surface area contributed by atoms with Gasteiger partial charge in [-0.3, -0.25) is 0 Å². The third-order valence-corrected chi connectivity index (χ3v) is 15.6. The summed E-state index contributed by atoms with van der Waals surface area (Å²) < 4.78 is 11.5. The van der Waals surface area contributed by atoms with Gasteiger partial charge in [-0.15, -0.1) is 11.3 Å². The van der Waals surface area contributed by atoms with E-state index in [1.807, 2.05) is 67.6 Å². The van der Waals surface area contributed by atoms with Crippen molar-refractivity contribution in [2.75, 3.05) is 0 Å². The fourth-order valence-electron chi connectivity index (χ4n) is 11.2. The molecule has 0 aliphatic heterocycles. The van der Waals surface area contributed by atoms with Crippen LogP contribution in [0.2, 0.25) is 0 Å². The van der Waals surface area contributed by atoms with Crippen molar-refractivity contribution in [1.29, 1.82) is 0 Å². The summed E-state index contributed by atoms with van der Waals surface area (Å²) in [6, 6.07) is 80.6. The zero-order chi connectivity index (χ0) is 49.4. The zero-order valence-electron chi connectivity index (χ0n) is 41.0. The minimum Gasteiger partial charge on any atom is -0.456 e. The fourth-order valence-corrected chi connectivity index (χ4v) is 12.2. The first-order valence-electron chi connectivity index (χ1n) is 25.3. The van der Waals surface area contributed by atoms with Crippen molar-refractivity contribution < 1.29 is 4.42 Å². The molecule has 0 saturated heterocycles. The van der Waals surface area contributed by atoms with Gasteiger partial charge in [0.25, 0.3) is 0 Å². The second-order valence-corrected chi connectivity index (χ2v) is 19.9. The molecule has 0 unspecified atom stereocenters. The molecule has 0 aliphatic carbocycles. The number of hydrogen-bond donors (Lipinski definition) is 0. The molecule has 350 valence electrons. The molecule has 0 atom stereocenters. The van der Waals surface area contributed by atoms with Crippen molar-refractivity contribution >= 4 is 96.8 Å². The Labute approximate surface area is 431 Å². The summed E-state index contributed by atoms with van der Waals surface area (Å²) in [6.07, 6.45) is 0. The van der Waals surface area contributed by atoms with Crippen molar-refractivity contribution in [2.45, 2.75) is 20.8 Å². The summed E-state index contributed by atoms with van der Waals surface area (Å²) in [6.45, 7) is 6.19. The van der Waals surface area contributed by atoms with Gasteiger partial charge >= 0.3 is 0 Å². The topological polar surface area (TPSA) is 56.7 Å². The monoisotopic (exact) mass is 966 g/mol. The highest BCUT2D eigenvalue weighted by atomic mass is 32.1. The van der Waals surface area contributed by atoms with E-state index in [1.165, 1.54) is 74.7 Å². The molecule has 15 aromatic rings. The van der Waals surface area contributed by atoms with Crippen LogP contribution in [0, 0.1) is 6.92 Å². The maximum absolute atomic E-state index is 6.36. The molecule has 0 bridgehead atoms. The Balaban J connectivity index is 0.00000249. The molecule has 11 aromatic carbocycles. The number of rotatable bonds is 6. The quantitative estimate of drug-likeness (QED) is 0.156. The summed E-state index contributed by atoms with van der Waals surface area (Å²) in [4.78, 5) is 15.6. The van der Waals surface area contributed by atoms with Crippen molar-refractivity contribution in [3.05, 3.63) is 230 Å². The van der Waals surface area contributed by atoms with E-state index in [2.05, 4.69) is 193 Å². The second-order valence-electron chi connectivity index (χ2n) is 18.8. The highest BCUT2D eigenvalue weighted by molar-refractivity contribution is 7.25. The van der Waals surface area contributed by atoms with Crippen LogP contribution in [0.1, 0.15) is 19.4 Å². The fraction of sp³-hybridized carbons (Fsp3) is 0.0441. The van der Waals surface area contributed by atoms with E-state index in [0.29, 0.717) is 17.5 Å². The highest BCUT2D eigenvalue weighted by Crippen LogP contribution is 2.46. The standard InChI is InChI=1S/C66H40N4OS.C2H6/c1-39-28-31-49-48-20-5-6-23-53(48)61-54-25-13-24-47(43-17-11-16-41(35-43)42-30-33-60-55(37-42)52-22-8-10-27-59(52)72-60)62(54)70(63(61)56(49)34-39)46-19-12-18-44(36-46)65-67-64(40-14-3-2-4-15-40)68-66(69-65)45-29-32-51-50-21-7-9-26-57(50)71-58(51)38-45;1-2/h2-38H,1H3;1-2H3. The van der Waals surface area contributed by atoms with Gasteiger partial charge in [0.1, 0.15) is 11.2 Å². The van der Waals surface area contributed by atoms with Gasteiger partial charge in [-0.05, 0) is 100 Å². The number of furan rings is 1. The normalized spacial score (nSPS) is 11.7. The molecule has 0 amide bonds. The first kappa shape index (κ1) is 43.5. The molecule has 74 heavy (non-hydrogen) atoms. The van der Waals surface area contributed by atoms with Crippen molar-refractivity contribution in [3.8, 4) is 62.1 Å². The minimum absolute atomic E-state index is 0.574. The van der Waals surface area contributed by atoms with Gasteiger partial charge in [0, 0.05) is 75.0 Å². The average Bonchev–Trinajstić information content (AvgIpc) is 4.16. The molecule has 15 rings (SSSR count). The largest absolute Gasteiger partial charge is 0.456 e. The zero-order valence-corrected chi connectivity index (χ0v) is 41.8. The Morgan fingerprint density at radius 3 is 1.78 bits per heavy atom. The van der Waals surface area contributed by atoms with Crippen LogP contribution in [0.25, 0.3) is 148 Å². The Kier molecular flexibility index (Phi) is 10.3. The number of aryl methyl sites for hydroxylation is 1.